The first-order valence-corrected chi connectivity index (χ1v) is 11.5. The monoisotopic (exact) mass is 514 g/mol. The number of nitrogens with zero attached hydrogens (tertiary/aromatic N) is 1. The van der Waals surface area contributed by atoms with Gasteiger partial charge >= 0.3 is 11.9 Å². The number of phenols is 1. The van der Waals surface area contributed by atoms with Gasteiger partial charge in [-0.3, -0.25) is 4.79 Å². The van der Waals surface area contributed by atoms with Crippen LogP contribution in [0.3, 0.4) is 0 Å². The molecule has 1 amide bonds. The second-order valence-corrected chi connectivity index (χ2v) is 8.44. The molecule has 8 nitrogen and oxygen atoms in total. The van der Waals surface area contributed by atoms with E-state index < -0.39 is 23.9 Å². The summed E-state index contributed by atoms with van der Waals surface area (Å²) in [5.41, 5.74) is 2.08. The van der Waals surface area contributed by atoms with E-state index >= 15 is 0 Å². The molecule has 0 aliphatic carbocycles. The Balaban J connectivity index is 1.62. The first-order chi connectivity index (χ1) is 18.2. The average molecular weight is 515 g/mol. The maximum atomic E-state index is 13.1. The lowest BCUT2D eigenvalue weighted by Crippen LogP contribution is -2.43. The van der Waals surface area contributed by atoms with Gasteiger partial charge in [-0.2, -0.15) is 0 Å². The van der Waals surface area contributed by atoms with Crippen LogP contribution < -0.4 is 5.32 Å². The highest BCUT2D eigenvalue weighted by Gasteiger charge is 2.24. The van der Waals surface area contributed by atoms with Crippen LogP contribution in [0.15, 0.2) is 72.8 Å². The Kier molecular flexibility index (Phi) is 7.77. The number of phenolic OH excluding ortho intramolecular Hbond substituents is 1. The van der Waals surface area contributed by atoms with E-state index in [9.17, 15) is 29.0 Å². The number of pyridine rings is 1. The second kappa shape index (κ2) is 11.3. The van der Waals surface area contributed by atoms with Crippen LogP contribution in [0, 0.1) is 5.82 Å². The molecule has 9 heteroatoms. The number of aromatic carboxylic acids is 1. The lowest BCUT2D eigenvalue weighted by atomic mass is 10.0. The van der Waals surface area contributed by atoms with Crippen LogP contribution in [-0.4, -0.2) is 46.2 Å². The zero-order chi connectivity index (χ0) is 27.2. The number of benzene rings is 3. The lowest BCUT2D eigenvalue weighted by Gasteiger charge is -2.17. The van der Waals surface area contributed by atoms with Crippen LogP contribution in [0.2, 0.25) is 0 Å². The number of carbonyl (C=O) groups is 3. The molecule has 0 saturated heterocycles. The fourth-order valence-electron chi connectivity index (χ4n) is 3.84. The summed E-state index contributed by atoms with van der Waals surface area (Å²) in [6.07, 6.45) is 3.60. The van der Waals surface area contributed by atoms with Crippen LogP contribution >= 0.6 is 0 Å². The van der Waals surface area contributed by atoms with E-state index in [1.807, 2.05) is 0 Å². The highest BCUT2D eigenvalue weighted by atomic mass is 19.1. The normalized spacial score (nSPS) is 11.8. The summed E-state index contributed by atoms with van der Waals surface area (Å²) in [4.78, 5) is 41.7. The van der Waals surface area contributed by atoms with Crippen molar-refractivity contribution in [3.63, 3.8) is 0 Å². The number of fused-ring (bicyclic) bond motifs is 1. The number of carboxylic acids is 1. The average Bonchev–Trinajstić information content (AvgIpc) is 2.92. The van der Waals surface area contributed by atoms with E-state index in [4.69, 9.17) is 4.74 Å². The molecule has 0 saturated carbocycles. The molecule has 0 aliphatic heterocycles. The number of methoxy groups -OCH3 is 1. The lowest BCUT2D eigenvalue weighted by molar-refractivity contribution is -0.142. The highest BCUT2D eigenvalue weighted by Crippen LogP contribution is 2.22. The first kappa shape index (κ1) is 26.0. The van der Waals surface area contributed by atoms with E-state index in [0.29, 0.717) is 16.5 Å². The SMILES string of the molecule is COC(=O)C(Cc1ccc(O)cc1)NC(=O)c1cc(C(=O)O)c2cc(/C=C/c3ccc(F)cc3)ccc2n1. The summed E-state index contributed by atoms with van der Waals surface area (Å²) >= 11 is 0. The number of hydrogen-bond acceptors (Lipinski definition) is 6. The molecule has 1 heterocycles. The van der Waals surface area contributed by atoms with Crippen molar-refractivity contribution in [1.29, 1.82) is 0 Å². The number of hydrogen-bond donors (Lipinski definition) is 3. The van der Waals surface area contributed by atoms with E-state index in [1.54, 1.807) is 54.6 Å². The fraction of sp³-hybridized carbons (Fsp3) is 0.103. The number of ether oxygens (including phenoxy) is 1. The number of carbonyl (C=O) groups excluding carboxylic acids is 2. The van der Waals surface area contributed by atoms with Gasteiger partial charge in [0.25, 0.3) is 5.91 Å². The Bertz CT molecular complexity index is 1530. The minimum Gasteiger partial charge on any atom is -0.508 e. The summed E-state index contributed by atoms with van der Waals surface area (Å²) in [7, 11) is 1.19. The van der Waals surface area contributed by atoms with Gasteiger partial charge in [0.15, 0.2) is 0 Å². The number of carboxylic acid groups (broad SMARTS) is 1. The van der Waals surface area contributed by atoms with Crippen molar-refractivity contribution in [1.82, 2.24) is 10.3 Å². The van der Waals surface area contributed by atoms with Crippen LogP contribution in [0.4, 0.5) is 4.39 Å². The van der Waals surface area contributed by atoms with Gasteiger partial charge in [-0.1, -0.05) is 42.5 Å². The van der Waals surface area contributed by atoms with Crippen molar-refractivity contribution in [2.75, 3.05) is 7.11 Å². The van der Waals surface area contributed by atoms with Crippen molar-refractivity contribution in [3.8, 4) is 5.75 Å². The van der Waals surface area contributed by atoms with Crippen molar-refractivity contribution in [2.45, 2.75) is 12.5 Å². The largest absolute Gasteiger partial charge is 0.508 e. The number of amides is 1. The molecular weight excluding hydrogens is 491 g/mol. The number of aromatic nitrogens is 1. The Morgan fingerprint density at radius 3 is 2.29 bits per heavy atom. The van der Waals surface area contributed by atoms with Gasteiger partial charge in [0.05, 0.1) is 18.2 Å². The molecule has 1 atom stereocenters. The molecule has 1 aromatic heterocycles. The fourth-order valence-corrected chi connectivity index (χ4v) is 3.84. The van der Waals surface area contributed by atoms with Crippen molar-refractivity contribution >= 4 is 40.9 Å². The zero-order valence-corrected chi connectivity index (χ0v) is 20.2. The highest BCUT2D eigenvalue weighted by molar-refractivity contribution is 6.06. The summed E-state index contributed by atoms with van der Waals surface area (Å²) in [6, 6.07) is 17.1. The van der Waals surface area contributed by atoms with Gasteiger partial charge in [-0.15, -0.1) is 0 Å². The predicted octanol–water partition coefficient (Wildman–Crippen LogP) is 4.46. The topological polar surface area (TPSA) is 126 Å². The third kappa shape index (κ3) is 6.19. The van der Waals surface area contributed by atoms with Crippen molar-refractivity contribution < 1.29 is 33.7 Å². The molecule has 0 bridgehead atoms. The Morgan fingerprint density at radius 1 is 0.974 bits per heavy atom. The Hall–Kier alpha value is -5.05. The van der Waals surface area contributed by atoms with Gasteiger partial charge < -0.3 is 20.3 Å². The quantitative estimate of drug-likeness (QED) is 0.234. The number of halogens is 1. The van der Waals surface area contributed by atoms with Crippen LogP contribution in [0.1, 0.15) is 37.5 Å². The minimum absolute atomic E-state index is 0.0584. The zero-order valence-electron chi connectivity index (χ0n) is 20.2. The molecule has 3 aromatic carbocycles. The summed E-state index contributed by atoms with van der Waals surface area (Å²) in [5, 5.41) is 22.2. The molecule has 1 unspecified atom stereocenters. The van der Waals surface area contributed by atoms with Gasteiger partial charge in [0.2, 0.25) is 0 Å². The molecule has 38 heavy (non-hydrogen) atoms. The molecule has 0 spiro atoms. The van der Waals surface area contributed by atoms with Crippen molar-refractivity contribution in [3.05, 3.63) is 107 Å². The van der Waals surface area contributed by atoms with Crippen LogP contribution in [-0.2, 0) is 16.0 Å². The Morgan fingerprint density at radius 2 is 1.63 bits per heavy atom. The Labute approximate surface area is 217 Å². The van der Waals surface area contributed by atoms with Gasteiger partial charge in [-0.25, -0.2) is 19.0 Å². The number of nitrogens with one attached hydrogen (secondary N) is 1. The van der Waals surface area contributed by atoms with Gasteiger partial charge in [0.1, 0.15) is 23.3 Å². The first-order valence-electron chi connectivity index (χ1n) is 11.5. The van der Waals surface area contributed by atoms with E-state index in [0.717, 1.165) is 11.6 Å². The summed E-state index contributed by atoms with van der Waals surface area (Å²) in [5.74, 6) is -2.97. The van der Waals surface area contributed by atoms with Crippen LogP contribution in [0.25, 0.3) is 23.1 Å². The molecule has 4 rings (SSSR count). The molecule has 4 aromatic rings. The smallest absolute Gasteiger partial charge is 0.336 e. The maximum absolute atomic E-state index is 13.1. The minimum atomic E-state index is -1.25. The van der Waals surface area contributed by atoms with Crippen molar-refractivity contribution in [2.24, 2.45) is 0 Å². The van der Waals surface area contributed by atoms with Gasteiger partial charge in [-0.05, 0) is 59.2 Å². The third-order valence-electron chi connectivity index (χ3n) is 5.80. The van der Waals surface area contributed by atoms with Gasteiger partial charge in [0, 0.05) is 11.8 Å². The molecular formula is C29H23FN2O6. The number of rotatable bonds is 8. The molecule has 0 fully saturated rings. The standard InChI is InChI=1S/C29H23FN2O6/c1-38-29(37)26(15-19-6-11-21(33)12-7-19)32-27(34)25-16-23(28(35)36)22-14-18(8-13-24(22)31-25)3-2-17-4-9-20(30)10-5-17/h2-14,16,26,33H,15H2,1H3,(H,32,34)(H,35,36)/b3-2+. The summed E-state index contributed by atoms with van der Waals surface area (Å²) < 4.78 is 17.9. The summed E-state index contributed by atoms with van der Waals surface area (Å²) in [6.45, 7) is 0. The number of aromatic hydroxyl groups is 1. The van der Waals surface area contributed by atoms with E-state index in [1.165, 1.54) is 31.4 Å². The number of esters is 1. The second-order valence-electron chi connectivity index (χ2n) is 8.44. The predicted molar refractivity (Wildman–Crippen MR) is 139 cm³/mol. The molecule has 0 radical (unpaired) electrons. The molecule has 0 aliphatic rings. The van der Waals surface area contributed by atoms with E-state index in [-0.39, 0.29) is 34.8 Å². The van der Waals surface area contributed by atoms with Crippen LogP contribution in [0.5, 0.6) is 5.75 Å². The maximum Gasteiger partial charge on any atom is 0.336 e. The molecule has 192 valence electrons. The third-order valence-corrected chi connectivity index (χ3v) is 5.80. The van der Waals surface area contributed by atoms with E-state index in [2.05, 4.69) is 10.3 Å². The molecule has 3 N–H and O–H groups in total.